The maximum Gasteiger partial charge on any atom is 1.00 e. The summed E-state index contributed by atoms with van der Waals surface area (Å²) >= 11 is 0. The molecule has 31 heavy (non-hydrogen) atoms. The number of pyridine rings is 1. The SMILES string of the molecule is C1=[N+](c2ccccc2)C=C[N+]=1c1ccccc1.[Au+].c1ccc2c(c1)[n-]c1ncccc12. The molecular weight excluding hydrogens is 565 g/mol. The fourth-order valence-corrected chi connectivity index (χ4v) is 3.39. The van der Waals surface area contributed by atoms with Gasteiger partial charge in [0.25, 0.3) is 12.4 Å². The second kappa shape index (κ2) is 9.52. The van der Waals surface area contributed by atoms with Crippen LogP contribution in [0.1, 0.15) is 0 Å². The van der Waals surface area contributed by atoms with Crippen molar-refractivity contribution in [2.75, 3.05) is 0 Å². The molecule has 0 N–H and O–H groups in total. The normalized spacial score (nSPS) is 12.0. The van der Waals surface area contributed by atoms with Crippen LogP contribution in [0.5, 0.6) is 0 Å². The van der Waals surface area contributed by atoms with E-state index in [0.717, 1.165) is 27.9 Å². The third-order valence-corrected chi connectivity index (χ3v) is 4.86. The summed E-state index contributed by atoms with van der Waals surface area (Å²) in [6, 6.07) is 35.7. The molecule has 0 amide bonds. The number of para-hydroxylation sites is 3. The number of hydrogen-bond donors (Lipinski definition) is 0. The van der Waals surface area contributed by atoms with Gasteiger partial charge in [0.05, 0.1) is 0 Å². The zero-order valence-electron chi connectivity index (χ0n) is 16.6. The van der Waals surface area contributed by atoms with Crippen molar-refractivity contribution >= 4 is 39.3 Å². The minimum Gasteiger partial charge on any atom is -0.442 e. The van der Waals surface area contributed by atoms with Gasteiger partial charge in [-0.05, 0) is 16.3 Å². The molecule has 1 aliphatic heterocycles. The molecule has 0 aliphatic carbocycles. The Morgan fingerprint density at radius 1 is 0.613 bits per heavy atom. The maximum absolute atomic E-state index is 4.40. The van der Waals surface area contributed by atoms with Crippen LogP contribution in [0.25, 0.3) is 21.9 Å². The van der Waals surface area contributed by atoms with E-state index in [1.807, 2.05) is 82.2 Å². The van der Waals surface area contributed by atoms with Crippen LogP contribution in [0, 0.1) is 0 Å². The largest absolute Gasteiger partial charge is 1.00 e. The van der Waals surface area contributed by atoms with Crippen LogP contribution < -0.4 is 4.98 Å². The van der Waals surface area contributed by atoms with E-state index >= 15 is 0 Å². The molecule has 0 radical (unpaired) electrons. The van der Waals surface area contributed by atoms with Gasteiger partial charge >= 0.3 is 28.4 Å². The molecule has 0 saturated carbocycles. The van der Waals surface area contributed by atoms with E-state index in [4.69, 9.17) is 0 Å². The Labute approximate surface area is 196 Å². The second-order valence-corrected chi connectivity index (χ2v) is 6.81. The van der Waals surface area contributed by atoms with Crippen LogP contribution in [0.15, 0.2) is 116 Å². The number of hydrogen-bond acceptors (Lipinski definition) is 1. The third-order valence-electron chi connectivity index (χ3n) is 4.86. The van der Waals surface area contributed by atoms with E-state index < -0.39 is 0 Å². The molecule has 6 rings (SSSR count). The predicted octanol–water partition coefficient (Wildman–Crippen LogP) is 5.68. The van der Waals surface area contributed by atoms with Crippen molar-refractivity contribution in [3.05, 3.63) is 116 Å². The maximum atomic E-state index is 4.40. The van der Waals surface area contributed by atoms with Crippen LogP contribution >= 0.6 is 0 Å². The first-order valence-electron chi connectivity index (χ1n) is 9.78. The fraction of sp³-hybridized carbons (Fsp3) is 0. The summed E-state index contributed by atoms with van der Waals surface area (Å²) in [5.74, 6) is 0. The number of nitrogens with zero attached hydrogens (tertiary/aromatic N) is 4. The molecule has 3 aromatic carbocycles. The molecule has 0 bridgehead atoms. The fourth-order valence-electron chi connectivity index (χ4n) is 3.39. The smallest absolute Gasteiger partial charge is 0.442 e. The van der Waals surface area contributed by atoms with Crippen LogP contribution in [-0.4, -0.2) is 20.1 Å². The quantitative estimate of drug-likeness (QED) is 0.198. The Hall–Kier alpha value is -3.53. The number of rotatable bonds is 2. The summed E-state index contributed by atoms with van der Waals surface area (Å²) in [5, 5.41) is 2.32. The molecule has 0 spiro atoms. The summed E-state index contributed by atoms with van der Waals surface area (Å²) in [5.41, 5.74) is 4.09. The Morgan fingerprint density at radius 2 is 1.16 bits per heavy atom. The standard InChI is InChI=1S/C15H12N2.C11H7N2.Au/c1-3-7-14(8-4-1)16-11-12-17(13-16)15-9-5-2-6-10-15;1-2-6-10-8(4-1)9-5-3-7-12-11(9)13-10;/h1-12H;1-7H;/q+2;-1;+1. The Kier molecular flexibility index (Phi) is 6.37. The van der Waals surface area contributed by atoms with E-state index in [2.05, 4.69) is 52.4 Å². The molecule has 0 atom stereocenters. The molecule has 0 unspecified atom stereocenters. The molecule has 3 heterocycles. The van der Waals surface area contributed by atoms with Crippen molar-refractivity contribution in [1.82, 2.24) is 9.97 Å². The topological polar surface area (TPSA) is 33.0 Å². The zero-order chi connectivity index (χ0) is 20.2. The van der Waals surface area contributed by atoms with Gasteiger partial charge in [-0.3, -0.25) is 0 Å². The first kappa shape index (κ1) is 20.7. The van der Waals surface area contributed by atoms with Gasteiger partial charge in [-0.15, -0.1) is 0 Å². The number of fused-ring (bicyclic) bond motifs is 3. The average Bonchev–Trinajstić information content (AvgIpc) is 3.46. The van der Waals surface area contributed by atoms with Gasteiger partial charge in [0, 0.05) is 24.3 Å². The van der Waals surface area contributed by atoms with Gasteiger partial charge in [-0.2, -0.15) is 0 Å². The first-order valence-corrected chi connectivity index (χ1v) is 9.78. The van der Waals surface area contributed by atoms with Crippen molar-refractivity contribution in [3.8, 4) is 0 Å². The first-order chi connectivity index (χ1) is 14.9. The van der Waals surface area contributed by atoms with E-state index in [1.54, 1.807) is 6.20 Å². The zero-order valence-corrected chi connectivity index (χ0v) is 18.7. The molecule has 5 heteroatoms. The van der Waals surface area contributed by atoms with Crippen molar-refractivity contribution in [2.45, 2.75) is 0 Å². The van der Waals surface area contributed by atoms with Gasteiger partial charge in [0.2, 0.25) is 11.4 Å². The van der Waals surface area contributed by atoms with Crippen molar-refractivity contribution in [2.24, 2.45) is 0 Å². The summed E-state index contributed by atoms with van der Waals surface area (Å²) in [4.78, 5) is 8.61. The summed E-state index contributed by atoms with van der Waals surface area (Å²) in [6.45, 7) is 0. The van der Waals surface area contributed by atoms with Gasteiger partial charge in [-0.1, -0.05) is 93.8 Å². The summed E-state index contributed by atoms with van der Waals surface area (Å²) in [7, 11) is 0. The van der Waals surface area contributed by atoms with Crippen molar-refractivity contribution in [1.29, 1.82) is 0 Å². The number of benzene rings is 3. The molecule has 1 aliphatic rings. The van der Waals surface area contributed by atoms with Gasteiger partial charge in [0.1, 0.15) is 0 Å². The molecule has 0 saturated heterocycles. The molecular formula is C26H19AuN4+2. The van der Waals surface area contributed by atoms with Crippen LogP contribution in [-0.2, 0) is 22.4 Å². The van der Waals surface area contributed by atoms with E-state index in [9.17, 15) is 0 Å². The minimum atomic E-state index is 0. The molecule has 0 fully saturated rings. The predicted molar refractivity (Wildman–Crippen MR) is 119 cm³/mol. The van der Waals surface area contributed by atoms with Crippen LogP contribution in [0.3, 0.4) is 0 Å². The van der Waals surface area contributed by atoms with Crippen molar-refractivity contribution < 1.29 is 31.5 Å². The van der Waals surface area contributed by atoms with Crippen molar-refractivity contribution in [3.63, 3.8) is 0 Å². The van der Waals surface area contributed by atoms with Crippen LogP contribution in [0.4, 0.5) is 11.4 Å². The third kappa shape index (κ3) is 4.48. The Morgan fingerprint density at radius 3 is 1.81 bits per heavy atom. The molecule has 4 nitrogen and oxygen atoms in total. The monoisotopic (exact) mass is 584 g/mol. The Bertz CT molecular complexity index is 1310. The van der Waals surface area contributed by atoms with Gasteiger partial charge < -0.3 is 9.97 Å². The Balaban J connectivity index is 0.000000149. The summed E-state index contributed by atoms with van der Waals surface area (Å²) in [6.07, 6.45) is 5.78. The average molecular weight is 584 g/mol. The molecule has 5 aromatic rings. The molecule has 152 valence electrons. The van der Waals surface area contributed by atoms with E-state index in [1.165, 1.54) is 5.39 Å². The van der Waals surface area contributed by atoms with E-state index in [-0.39, 0.29) is 22.4 Å². The number of aromatic nitrogens is 2. The van der Waals surface area contributed by atoms with Gasteiger partial charge in [-0.25, -0.2) is 0 Å². The van der Waals surface area contributed by atoms with E-state index in [0.29, 0.717) is 0 Å². The van der Waals surface area contributed by atoms with Crippen LogP contribution in [0.2, 0.25) is 0 Å². The van der Waals surface area contributed by atoms with Gasteiger partial charge in [0.15, 0.2) is 0 Å². The minimum absolute atomic E-state index is 0. The second-order valence-electron chi connectivity index (χ2n) is 6.81. The molecule has 2 aromatic heterocycles. The summed E-state index contributed by atoms with van der Waals surface area (Å²) < 4.78 is 3.96.